The fourth-order valence-electron chi connectivity index (χ4n) is 1.95. The molecule has 120 valence electrons. The van der Waals surface area contributed by atoms with Gasteiger partial charge in [-0.2, -0.15) is 0 Å². The Morgan fingerprint density at radius 3 is 2.43 bits per heavy atom. The zero-order chi connectivity index (χ0) is 16.0. The van der Waals surface area contributed by atoms with Crippen molar-refractivity contribution in [3.8, 4) is 0 Å². The zero-order valence-electron chi connectivity index (χ0n) is 13.1. The van der Waals surface area contributed by atoms with Crippen molar-refractivity contribution in [1.82, 2.24) is 14.5 Å². The average molecular weight is 334 g/mol. The lowest BCUT2D eigenvalue weighted by molar-refractivity contribution is 0.370. The maximum Gasteiger partial charge on any atom is 0.242 e. The molecule has 0 heterocycles. The number of nitrogens with zero attached hydrogens (tertiary/aromatic N) is 2. The molecule has 0 atom stereocenters. The Morgan fingerprint density at radius 2 is 1.86 bits per heavy atom. The largest absolute Gasteiger partial charge is 0.316 e. The molecule has 0 saturated carbocycles. The molecule has 0 aliphatic carbocycles. The summed E-state index contributed by atoms with van der Waals surface area (Å²) >= 11 is 6.07. The molecule has 0 aliphatic heterocycles. The van der Waals surface area contributed by atoms with E-state index in [2.05, 4.69) is 5.32 Å². The number of sulfonamides is 1. The van der Waals surface area contributed by atoms with E-state index in [1.165, 1.54) is 4.31 Å². The van der Waals surface area contributed by atoms with Gasteiger partial charge < -0.3 is 10.2 Å². The first-order valence-electron chi connectivity index (χ1n) is 6.83. The van der Waals surface area contributed by atoms with E-state index in [0.717, 1.165) is 18.5 Å². The molecule has 1 aromatic carbocycles. The van der Waals surface area contributed by atoms with Crippen LogP contribution in [0.3, 0.4) is 0 Å². The molecule has 0 fully saturated rings. The number of benzene rings is 1. The van der Waals surface area contributed by atoms with Gasteiger partial charge in [-0.05, 0) is 57.9 Å². The normalized spacial score (nSPS) is 12.3. The quantitative estimate of drug-likeness (QED) is 0.785. The molecule has 1 rings (SSSR count). The van der Waals surface area contributed by atoms with E-state index < -0.39 is 10.0 Å². The van der Waals surface area contributed by atoms with Crippen molar-refractivity contribution >= 4 is 21.6 Å². The molecule has 0 saturated heterocycles. The number of rotatable bonds is 8. The van der Waals surface area contributed by atoms with Gasteiger partial charge in [0, 0.05) is 25.2 Å². The maximum absolute atomic E-state index is 12.5. The minimum Gasteiger partial charge on any atom is -0.316 e. The topological polar surface area (TPSA) is 52.7 Å². The summed E-state index contributed by atoms with van der Waals surface area (Å²) in [5.41, 5.74) is 0.780. The number of hydrogen-bond acceptors (Lipinski definition) is 4. The molecule has 7 heteroatoms. The highest BCUT2D eigenvalue weighted by Gasteiger charge is 2.21. The van der Waals surface area contributed by atoms with Crippen LogP contribution < -0.4 is 5.32 Å². The van der Waals surface area contributed by atoms with Gasteiger partial charge in [-0.25, -0.2) is 12.7 Å². The third kappa shape index (κ3) is 5.23. The van der Waals surface area contributed by atoms with Gasteiger partial charge in [0.1, 0.15) is 0 Å². The molecule has 21 heavy (non-hydrogen) atoms. The molecule has 0 bridgehead atoms. The molecule has 1 aromatic rings. The first-order chi connectivity index (χ1) is 9.78. The SMILES string of the molecule is CNCc1cc(S(=O)(=O)N(C)CCCN(C)C)ccc1Cl. The standard InChI is InChI=1S/C14H24ClN3O2S/c1-16-11-12-10-13(6-7-14(12)15)21(19,20)18(4)9-5-8-17(2)3/h6-7,10,16H,5,8-9,11H2,1-4H3. The summed E-state index contributed by atoms with van der Waals surface area (Å²) in [5, 5.41) is 3.55. The minimum absolute atomic E-state index is 0.282. The molecular weight excluding hydrogens is 310 g/mol. The molecule has 0 unspecified atom stereocenters. The molecule has 0 amide bonds. The van der Waals surface area contributed by atoms with Gasteiger partial charge in [0.05, 0.1) is 4.90 Å². The Morgan fingerprint density at radius 1 is 1.19 bits per heavy atom. The van der Waals surface area contributed by atoms with Crippen molar-refractivity contribution in [2.75, 3.05) is 41.3 Å². The van der Waals surface area contributed by atoms with Crippen LogP contribution in [0.4, 0.5) is 0 Å². The van der Waals surface area contributed by atoms with Gasteiger partial charge in [-0.1, -0.05) is 11.6 Å². The highest BCUT2D eigenvalue weighted by Crippen LogP contribution is 2.22. The highest BCUT2D eigenvalue weighted by atomic mass is 35.5. The molecule has 1 N–H and O–H groups in total. The van der Waals surface area contributed by atoms with E-state index >= 15 is 0 Å². The zero-order valence-corrected chi connectivity index (χ0v) is 14.6. The summed E-state index contributed by atoms with van der Waals surface area (Å²) < 4.78 is 26.4. The van der Waals surface area contributed by atoms with Crippen LogP contribution in [0.1, 0.15) is 12.0 Å². The van der Waals surface area contributed by atoms with Crippen LogP contribution in [0.15, 0.2) is 23.1 Å². The van der Waals surface area contributed by atoms with Gasteiger partial charge in [0.25, 0.3) is 0 Å². The van der Waals surface area contributed by atoms with Crippen LogP contribution in [0.5, 0.6) is 0 Å². The van der Waals surface area contributed by atoms with Gasteiger partial charge in [0.2, 0.25) is 10.0 Å². The summed E-state index contributed by atoms with van der Waals surface area (Å²) in [7, 11) is 3.88. The molecular formula is C14H24ClN3O2S. The van der Waals surface area contributed by atoms with Gasteiger partial charge in [0.15, 0.2) is 0 Å². The molecule has 0 aromatic heterocycles. The van der Waals surface area contributed by atoms with Crippen LogP contribution in [-0.2, 0) is 16.6 Å². The Labute approximate surface area is 132 Å². The van der Waals surface area contributed by atoms with E-state index in [-0.39, 0.29) is 4.90 Å². The van der Waals surface area contributed by atoms with Crippen molar-refractivity contribution in [3.63, 3.8) is 0 Å². The van der Waals surface area contributed by atoms with Gasteiger partial charge in [-0.3, -0.25) is 0 Å². The third-order valence-electron chi connectivity index (χ3n) is 3.17. The second-order valence-electron chi connectivity index (χ2n) is 5.27. The lowest BCUT2D eigenvalue weighted by Gasteiger charge is -2.19. The summed E-state index contributed by atoms with van der Waals surface area (Å²) in [6.07, 6.45) is 0.791. The summed E-state index contributed by atoms with van der Waals surface area (Å²) in [6.45, 7) is 1.88. The summed E-state index contributed by atoms with van der Waals surface area (Å²) in [6, 6.07) is 4.82. The van der Waals surface area contributed by atoms with Crippen molar-refractivity contribution in [2.45, 2.75) is 17.9 Å². The monoisotopic (exact) mass is 333 g/mol. The lowest BCUT2D eigenvalue weighted by Crippen LogP contribution is -2.30. The summed E-state index contributed by atoms with van der Waals surface area (Å²) in [5.74, 6) is 0. The van der Waals surface area contributed by atoms with E-state index in [0.29, 0.717) is 18.1 Å². The van der Waals surface area contributed by atoms with Gasteiger partial charge in [-0.15, -0.1) is 0 Å². The lowest BCUT2D eigenvalue weighted by atomic mass is 10.2. The Kier molecular flexibility index (Phi) is 7.09. The maximum atomic E-state index is 12.5. The first kappa shape index (κ1) is 18.4. The van der Waals surface area contributed by atoms with Crippen molar-refractivity contribution in [3.05, 3.63) is 28.8 Å². The van der Waals surface area contributed by atoms with Crippen LogP contribution in [0.2, 0.25) is 5.02 Å². The van der Waals surface area contributed by atoms with Gasteiger partial charge >= 0.3 is 0 Å². The fourth-order valence-corrected chi connectivity index (χ4v) is 3.39. The number of halogens is 1. The molecule has 5 nitrogen and oxygen atoms in total. The van der Waals surface area contributed by atoms with E-state index in [4.69, 9.17) is 11.6 Å². The molecule has 0 aliphatic rings. The third-order valence-corrected chi connectivity index (χ3v) is 5.39. The second kappa shape index (κ2) is 8.10. The van der Waals surface area contributed by atoms with Crippen LogP contribution in [0, 0.1) is 0 Å². The Balaban J connectivity index is 2.89. The predicted octanol–water partition coefficient (Wildman–Crippen LogP) is 1.63. The van der Waals surface area contributed by atoms with Crippen molar-refractivity contribution in [2.24, 2.45) is 0 Å². The van der Waals surface area contributed by atoms with E-state index in [1.807, 2.05) is 19.0 Å². The van der Waals surface area contributed by atoms with Crippen LogP contribution >= 0.6 is 11.6 Å². The minimum atomic E-state index is -3.47. The van der Waals surface area contributed by atoms with Crippen LogP contribution in [-0.4, -0.2) is 58.9 Å². The number of hydrogen-bond donors (Lipinski definition) is 1. The Hall–Kier alpha value is -0.660. The second-order valence-corrected chi connectivity index (χ2v) is 7.72. The predicted molar refractivity (Wildman–Crippen MR) is 87.2 cm³/mol. The molecule has 0 spiro atoms. The molecule has 0 radical (unpaired) electrons. The summed E-state index contributed by atoms with van der Waals surface area (Å²) in [4.78, 5) is 2.32. The van der Waals surface area contributed by atoms with Crippen molar-refractivity contribution < 1.29 is 8.42 Å². The average Bonchev–Trinajstić information content (AvgIpc) is 2.40. The highest BCUT2D eigenvalue weighted by molar-refractivity contribution is 7.89. The number of nitrogens with one attached hydrogen (secondary N) is 1. The fraction of sp³-hybridized carbons (Fsp3) is 0.571. The smallest absolute Gasteiger partial charge is 0.242 e. The van der Waals surface area contributed by atoms with E-state index in [9.17, 15) is 8.42 Å². The Bertz CT molecular complexity index is 561. The van der Waals surface area contributed by atoms with Crippen molar-refractivity contribution in [1.29, 1.82) is 0 Å². The van der Waals surface area contributed by atoms with E-state index in [1.54, 1.807) is 32.3 Å². The first-order valence-corrected chi connectivity index (χ1v) is 8.65. The van der Waals surface area contributed by atoms with Crippen LogP contribution in [0.25, 0.3) is 0 Å².